The molecule has 0 bridgehead atoms. The number of carbonyl (C=O) groups excluding carboxylic acids is 1. The Bertz CT molecular complexity index is 655. The molecule has 0 atom stereocenters. The van der Waals surface area contributed by atoms with Gasteiger partial charge in [-0.25, -0.2) is 4.79 Å². The lowest BCUT2D eigenvalue weighted by Crippen LogP contribution is -2.32. The van der Waals surface area contributed by atoms with E-state index in [4.69, 9.17) is 4.74 Å². The molecule has 1 aliphatic heterocycles. The summed E-state index contributed by atoms with van der Waals surface area (Å²) in [6.07, 6.45) is 2.27. The molecule has 1 N–H and O–H groups in total. The van der Waals surface area contributed by atoms with Crippen LogP contribution in [0.2, 0.25) is 0 Å². The molecule has 0 aromatic heterocycles. The van der Waals surface area contributed by atoms with E-state index in [9.17, 15) is 9.90 Å². The van der Waals surface area contributed by atoms with Crippen molar-refractivity contribution in [2.24, 2.45) is 0 Å². The zero-order valence-corrected chi connectivity index (χ0v) is 12.4. The topological polar surface area (TPSA) is 49.8 Å². The predicted octanol–water partition coefficient (Wildman–Crippen LogP) is 3.87. The number of amides is 1. The monoisotopic (exact) mass is 297 g/mol. The smallest absolute Gasteiger partial charge is 0.414 e. The summed E-state index contributed by atoms with van der Waals surface area (Å²) in [5.41, 5.74) is 2.55. The number of benzene rings is 2. The van der Waals surface area contributed by atoms with Crippen molar-refractivity contribution < 1.29 is 14.6 Å². The Kier molecular flexibility index (Phi) is 4.28. The maximum absolute atomic E-state index is 12.4. The normalized spacial score (nSPS) is 14.1. The van der Waals surface area contributed by atoms with E-state index >= 15 is 0 Å². The molecular formula is C18H19NO3. The summed E-state index contributed by atoms with van der Waals surface area (Å²) in [7, 11) is 0. The molecule has 1 heterocycles. The number of hydrogen-bond acceptors (Lipinski definition) is 3. The zero-order valence-electron chi connectivity index (χ0n) is 12.4. The van der Waals surface area contributed by atoms with Crippen LogP contribution in [0.15, 0.2) is 48.5 Å². The quantitative estimate of drug-likeness (QED) is 0.915. The van der Waals surface area contributed by atoms with Crippen molar-refractivity contribution in [2.45, 2.75) is 25.9 Å². The van der Waals surface area contributed by atoms with Gasteiger partial charge in [0.05, 0.1) is 5.69 Å². The van der Waals surface area contributed by atoms with Crippen molar-refractivity contribution in [3.8, 4) is 5.75 Å². The first-order chi connectivity index (χ1) is 10.8. The fraction of sp³-hybridized carbons (Fsp3) is 0.278. The minimum atomic E-state index is -0.363. The predicted molar refractivity (Wildman–Crippen MR) is 85.0 cm³/mol. The Balaban J connectivity index is 1.76. The number of nitrogens with zero attached hydrogens (tertiary/aromatic N) is 1. The fourth-order valence-corrected chi connectivity index (χ4v) is 2.75. The van der Waals surface area contributed by atoms with Crippen molar-refractivity contribution in [1.29, 1.82) is 0 Å². The molecular weight excluding hydrogens is 278 g/mol. The Hall–Kier alpha value is -2.49. The molecule has 1 aliphatic rings. The average Bonchev–Trinajstić information content (AvgIpc) is 2.77. The number of aromatic hydroxyl groups is 1. The van der Waals surface area contributed by atoms with E-state index in [0.717, 1.165) is 36.1 Å². The molecule has 3 rings (SSSR count). The summed E-state index contributed by atoms with van der Waals surface area (Å²) in [6.45, 7) is 0.869. The highest BCUT2D eigenvalue weighted by atomic mass is 16.6. The van der Waals surface area contributed by atoms with Gasteiger partial charge in [0, 0.05) is 12.1 Å². The lowest BCUT2D eigenvalue weighted by atomic mass is 10.1. The van der Waals surface area contributed by atoms with Crippen LogP contribution >= 0.6 is 0 Å². The first-order valence-corrected chi connectivity index (χ1v) is 7.55. The van der Waals surface area contributed by atoms with Crippen LogP contribution in [0.25, 0.3) is 0 Å². The van der Waals surface area contributed by atoms with Gasteiger partial charge in [-0.05, 0) is 37.0 Å². The number of anilines is 1. The van der Waals surface area contributed by atoms with Crippen LogP contribution < -0.4 is 4.90 Å². The van der Waals surface area contributed by atoms with Gasteiger partial charge in [0.2, 0.25) is 0 Å². The molecule has 0 aliphatic carbocycles. The van der Waals surface area contributed by atoms with Gasteiger partial charge in [0.15, 0.2) is 0 Å². The summed E-state index contributed by atoms with van der Waals surface area (Å²) in [4.78, 5) is 14.1. The van der Waals surface area contributed by atoms with E-state index in [0.29, 0.717) is 6.54 Å². The van der Waals surface area contributed by atoms with Gasteiger partial charge in [0.1, 0.15) is 12.4 Å². The van der Waals surface area contributed by atoms with E-state index in [-0.39, 0.29) is 18.4 Å². The third-order valence-corrected chi connectivity index (χ3v) is 3.90. The average molecular weight is 297 g/mol. The Morgan fingerprint density at radius 1 is 1.09 bits per heavy atom. The molecule has 1 amide bonds. The van der Waals surface area contributed by atoms with Gasteiger partial charge in [-0.2, -0.15) is 0 Å². The van der Waals surface area contributed by atoms with Crippen LogP contribution in [-0.4, -0.2) is 17.7 Å². The Morgan fingerprint density at radius 3 is 2.73 bits per heavy atom. The molecule has 0 saturated carbocycles. The van der Waals surface area contributed by atoms with Crippen molar-refractivity contribution in [1.82, 2.24) is 0 Å². The standard InChI is InChI=1S/C18H19NO3/c20-17-11-6-10-16-15(17)9-4-5-12-19(16)18(21)22-13-14-7-2-1-3-8-14/h1-3,6-8,10-11,20H,4-5,9,12-13H2. The third-order valence-electron chi connectivity index (χ3n) is 3.90. The van der Waals surface area contributed by atoms with Crippen LogP contribution in [0, 0.1) is 0 Å². The highest BCUT2D eigenvalue weighted by Crippen LogP contribution is 2.33. The van der Waals surface area contributed by atoms with Crippen LogP contribution in [0.4, 0.5) is 10.5 Å². The van der Waals surface area contributed by atoms with Gasteiger partial charge in [0.25, 0.3) is 0 Å². The molecule has 4 nitrogen and oxygen atoms in total. The molecule has 2 aromatic carbocycles. The molecule has 0 fully saturated rings. The van der Waals surface area contributed by atoms with Gasteiger partial charge in [-0.15, -0.1) is 0 Å². The summed E-state index contributed by atoms with van der Waals surface area (Å²) in [6, 6.07) is 14.9. The second-order valence-corrected chi connectivity index (χ2v) is 5.42. The largest absolute Gasteiger partial charge is 0.508 e. The number of carbonyl (C=O) groups is 1. The second-order valence-electron chi connectivity index (χ2n) is 5.42. The van der Waals surface area contributed by atoms with Crippen LogP contribution in [0.1, 0.15) is 24.0 Å². The van der Waals surface area contributed by atoms with Crippen molar-refractivity contribution in [3.05, 3.63) is 59.7 Å². The molecule has 0 unspecified atom stereocenters. The number of phenolic OH excluding ortho intramolecular Hbond substituents is 1. The van der Waals surface area contributed by atoms with Crippen molar-refractivity contribution in [3.63, 3.8) is 0 Å². The molecule has 0 radical (unpaired) electrons. The van der Waals surface area contributed by atoms with Crippen molar-refractivity contribution in [2.75, 3.05) is 11.4 Å². The molecule has 2 aromatic rings. The second kappa shape index (κ2) is 6.52. The van der Waals surface area contributed by atoms with E-state index < -0.39 is 0 Å². The lowest BCUT2D eigenvalue weighted by Gasteiger charge is -2.22. The number of ether oxygens (including phenoxy) is 1. The minimum Gasteiger partial charge on any atom is -0.508 e. The highest BCUT2D eigenvalue weighted by Gasteiger charge is 2.23. The minimum absolute atomic E-state index is 0.250. The van der Waals surface area contributed by atoms with Gasteiger partial charge in [-0.3, -0.25) is 4.90 Å². The fourth-order valence-electron chi connectivity index (χ4n) is 2.75. The zero-order chi connectivity index (χ0) is 15.4. The van der Waals surface area contributed by atoms with E-state index in [1.165, 1.54) is 0 Å². The summed E-state index contributed by atoms with van der Waals surface area (Å²) < 4.78 is 5.43. The first kappa shape index (κ1) is 14.4. The SMILES string of the molecule is O=C(OCc1ccccc1)N1CCCCc2c(O)cccc21. The summed E-state index contributed by atoms with van der Waals surface area (Å²) in [5.74, 6) is 0.250. The Morgan fingerprint density at radius 2 is 1.91 bits per heavy atom. The first-order valence-electron chi connectivity index (χ1n) is 7.55. The summed E-state index contributed by atoms with van der Waals surface area (Å²) >= 11 is 0. The molecule has 114 valence electrons. The number of hydrogen-bond donors (Lipinski definition) is 1. The number of fused-ring (bicyclic) bond motifs is 1. The molecule has 4 heteroatoms. The van der Waals surface area contributed by atoms with Crippen LogP contribution in [0.5, 0.6) is 5.75 Å². The van der Waals surface area contributed by atoms with Gasteiger partial charge < -0.3 is 9.84 Å². The maximum atomic E-state index is 12.4. The third kappa shape index (κ3) is 3.06. The van der Waals surface area contributed by atoms with Gasteiger partial charge >= 0.3 is 6.09 Å². The highest BCUT2D eigenvalue weighted by molar-refractivity contribution is 5.89. The van der Waals surface area contributed by atoms with E-state index in [1.807, 2.05) is 36.4 Å². The summed E-state index contributed by atoms with van der Waals surface area (Å²) in [5, 5.41) is 10.0. The van der Waals surface area contributed by atoms with Crippen LogP contribution in [0.3, 0.4) is 0 Å². The molecule has 22 heavy (non-hydrogen) atoms. The molecule has 0 saturated heterocycles. The number of rotatable bonds is 2. The van der Waals surface area contributed by atoms with E-state index in [1.54, 1.807) is 17.0 Å². The number of phenols is 1. The Labute approximate surface area is 130 Å². The van der Waals surface area contributed by atoms with Crippen LogP contribution in [-0.2, 0) is 17.8 Å². The molecule has 0 spiro atoms. The lowest BCUT2D eigenvalue weighted by molar-refractivity contribution is 0.147. The maximum Gasteiger partial charge on any atom is 0.414 e. The van der Waals surface area contributed by atoms with E-state index in [2.05, 4.69) is 0 Å². The van der Waals surface area contributed by atoms with Crippen molar-refractivity contribution >= 4 is 11.8 Å². The van der Waals surface area contributed by atoms with Gasteiger partial charge in [-0.1, -0.05) is 36.4 Å².